The summed E-state index contributed by atoms with van der Waals surface area (Å²) in [5.41, 5.74) is 3.71. The van der Waals surface area contributed by atoms with Crippen LogP contribution in [0.15, 0.2) is 30.3 Å². The number of likely N-dealkylation sites (tertiary alicyclic amines) is 1. The minimum Gasteiger partial charge on any atom is -0.379 e. The molecule has 1 atom stereocenters. The van der Waals surface area contributed by atoms with Crippen molar-refractivity contribution in [2.45, 2.75) is 45.1 Å². The zero-order chi connectivity index (χ0) is 22.6. The van der Waals surface area contributed by atoms with Gasteiger partial charge in [0.25, 0.3) is 0 Å². The summed E-state index contributed by atoms with van der Waals surface area (Å²) < 4.78 is 5.43. The molecule has 4 heterocycles. The van der Waals surface area contributed by atoms with Crippen molar-refractivity contribution in [3.8, 4) is 0 Å². The van der Waals surface area contributed by atoms with Crippen LogP contribution in [0, 0.1) is 6.92 Å². The van der Waals surface area contributed by atoms with Gasteiger partial charge in [-0.15, -0.1) is 0 Å². The highest BCUT2D eigenvalue weighted by molar-refractivity contribution is 5.79. The monoisotopic (exact) mass is 449 g/mol. The van der Waals surface area contributed by atoms with Crippen molar-refractivity contribution in [2.24, 2.45) is 0 Å². The largest absolute Gasteiger partial charge is 0.379 e. The van der Waals surface area contributed by atoms with Crippen molar-refractivity contribution in [3.63, 3.8) is 0 Å². The SMILES string of the molecule is Cc1nc(C2CCCN2C(=O)CN2CCOCC2)nc2c1CCCN2CCc1ccccc1. The van der Waals surface area contributed by atoms with Crippen molar-refractivity contribution in [2.75, 3.05) is 57.4 Å². The first-order valence-corrected chi connectivity index (χ1v) is 12.4. The van der Waals surface area contributed by atoms with Gasteiger partial charge in [0.05, 0.1) is 25.8 Å². The number of fused-ring (bicyclic) bond motifs is 1. The molecule has 1 aromatic carbocycles. The number of hydrogen-bond acceptors (Lipinski definition) is 6. The molecule has 2 saturated heterocycles. The Hall–Kier alpha value is -2.51. The molecule has 5 rings (SSSR count). The summed E-state index contributed by atoms with van der Waals surface area (Å²) in [7, 11) is 0. The number of ether oxygens (including phenoxy) is 1. The molecule has 2 fully saturated rings. The first-order chi connectivity index (χ1) is 16.2. The van der Waals surface area contributed by atoms with Crippen molar-refractivity contribution in [3.05, 3.63) is 53.0 Å². The number of amides is 1. The van der Waals surface area contributed by atoms with Gasteiger partial charge in [-0.25, -0.2) is 9.97 Å². The number of nitrogens with zero attached hydrogens (tertiary/aromatic N) is 5. The van der Waals surface area contributed by atoms with Gasteiger partial charge in [0.2, 0.25) is 5.91 Å². The number of benzene rings is 1. The number of carbonyl (C=O) groups excluding carboxylic acids is 1. The summed E-state index contributed by atoms with van der Waals surface area (Å²) in [5.74, 6) is 2.11. The molecule has 7 nitrogen and oxygen atoms in total. The summed E-state index contributed by atoms with van der Waals surface area (Å²) in [5, 5.41) is 0. The highest BCUT2D eigenvalue weighted by Crippen LogP contribution is 2.34. The molecule has 33 heavy (non-hydrogen) atoms. The summed E-state index contributed by atoms with van der Waals surface area (Å²) in [6, 6.07) is 10.6. The molecule has 3 aliphatic rings. The van der Waals surface area contributed by atoms with E-state index in [-0.39, 0.29) is 11.9 Å². The Balaban J connectivity index is 1.34. The minimum atomic E-state index is -0.0135. The predicted molar refractivity (Wildman–Crippen MR) is 128 cm³/mol. The number of morpholine rings is 1. The van der Waals surface area contributed by atoms with Crippen LogP contribution in [0.25, 0.3) is 0 Å². The van der Waals surface area contributed by atoms with Crippen LogP contribution in [0.2, 0.25) is 0 Å². The lowest BCUT2D eigenvalue weighted by molar-refractivity contribution is -0.134. The third-order valence-electron chi connectivity index (χ3n) is 7.21. The van der Waals surface area contributed by atoms with Gasteiger partial charge in [-0.2, -0.15) is 0 Å². The molecule has 1 amide bonds. The van der Waals surface area contributed by atoms with E-state index in [1.165, 1.54) is 11.1 Å². The van der Waals surface area contributed by atoms with E-state index in [0.29, 0.717) is 19.8 Å². The fourth-order valence-electron chi connectivity index (χ4n) is 5.36. The molecular weight excluding hydrogens is 414 g/mol. The number of carbonyl (C=O) groups is 1. The molecule has 0 N–H and O–H groups in total. The highest BCUT2D eigenvalue weighted by atomic mass is 16.5. The van der Waals surface area contributed by atoms with Crippen LogP contribution in [0.4, 0.5) is 5.82 Å². The van der Waals surface area contributed by atoms with Gasteiger partial charge in [0.15, 0.2) is 5.82 Å². The zero-order valence-corrected chi connectivity index (χ0v) is 19.7. The minimum absolute atomic E-state index is 0.0135. The predicted octanol–water partition coefficient (Wildman–Crippen LogP) is 2.78. The summed E-state index contributed by atoms with van der Waals surface area (Å²) in [4.78, 5) is 29.9. The molecule has 0 radical (unpaired) electrons. The van der Waals surface area contributed by atoms with Crippen molar-refractivity contribution < 1.29 is 9.53 Å². The van der Waals surface area contributed by atoms with Crippen LogP contribution < -0.4 is 4.90 Å². The van der Waals surface area contributed by atoms with E-state index in [2.05, 4.69) is 47.1 Å². The second kappa shape index (κ2) is 10.2. The number of rotatable bonds is 6. The molecule has 0 bridgehead atoms. The van der Waals surface area contributed by atoms with Gasteiger partial charge in [-0.05, 0) is 44.6 Å². The van der Waals surface area contributed by atoms with Crippen LogP contribution in [0.5, 0.6) is 0 Å². The molecule has 0 spiro atoms. The number of aryl methyl sites for hydroxylation is 1. The van der Waals surface area contributed by atoms with Gasteiger partial charge >= 0.3 is 0 Å². The van der Waals surface area contributed by atoms with Gasteiger partial charge in [0.1, 0.15) is 5.82 Å². The molecule has 2 aromatic rings. The summed E-state index contributed by atoms with van der Waals surface area (Å²) in [6.07, 6.45) is 5.13. The van der Waals surface area contributed by atoms with Crippen molar-refractivity contribution >= 4 is 11.7 Å². The van der Waals surface area contributed by atoms with Crippen LogP contribution >= 0.6 is 0 Å². The highest BCUT2D eigenvalue weighted by Gasteiger charge is 2.34. The van der Waals surface area contributed by atoms with Crippen molar-refractivity contribution in [1.29, 1.82) is 0 Å². The molecule has 3 aliphatic heterocycles. The number of hydrogen-bond donors (Lipinski definition) is 0. The van der Waals surface area contributed by atoms with Crippen LogP contribution in [-0.4, -0.2) is 78.2 Å². The fourth-order valence-corrected chi connectivity index (χ4v) is 5.36. The average Bonchev–Trinajstić information content (AvgIpc) is 3.34. The Bertz CT molecular complexity index is 961. The molecule has 1 unspecified atom stereocenters. The Morgan fingerprint density at radius 1 is 1.06 bits per heavy atom. The third kappa shape index (κ3) is 5.04. The number of anilines is 1. The standard InChI is InChI=1S/C26H35N5O2/c1-20-22-9-5-12-30(14-11-21-7-3-2-4-8-21)26(22)28-25(27-20)23-10-6-13-31(23)24(32)19-29-15-17-33-18-16-29/h2-4,7-8,23H,5-6,9-19H2,1H3. The average molecular weight is 450 g/mol. The maximum atomic E-state index is 13.2. The third-order valence-corrected chi connectivity index (χ3v) is 7.21. The molecule has 176 valence electrons. The maximum absolute atomic E-state index is 13.2. The van der Waals surface area contributed by atoms with Gasteiger partial charge in [-0.3, -0.25) is 9.69 Å². The number of aromatic nitrogens is 2. The lowest BCUT2D eigenvalue weighted by atomic mass is 10.0. The Morgan fingerprint density at radius 2 is 1.88 bits per heavy atom. The first-order valence-electron chi connectivity index (χ1n) is 12.4. The first kappa shape index (κ1) is 22.3. The van der Waals surface area contributed by atoms with Crippen molar-refractivity contribution in [1.82, 2.24) is 19.8 Å². The smallest absolute Gasteiger partial charge is 0.237 e. The van der Waals surface area contributed by atoms with E-state index in [1.54, 1.807) is 0 Å². The van der Waals surface area contributed by atoms with Gasteiger partial charge < -0.3 is 14.5 Å². The van der Waals surface area contributed by atoms with Crippen LogP contribution in [-0.2, 0) is 22.4 Å². The maximum Gasteiger partial charge on any atom is 0.237 e. The topological polar surface area (TPSA) is 61.8 Å². The lowest BCUT2D eigenvalue weighted by Crippen LogP contribution is -2.44. The normalized spacial score (nSPS) is 21.3. The fraction of sp³-hybridized carbons (Fsp3) is 0.577. The molecule has 1 aromatic heterocycles. The molecular formula is C26H35N5O2. The van der Waals surface area contributed by atoms with E-state index < -0.39 is 0 Å². The Labute approximate surface area is 196 Å². The van der Waals surface area contributed by atoms with E-state index in [9.17, 15) is 4.79 Å². The van der Waals surface area contributed by atoms with E-state index in [0.717, 1.165) is 82.2 Å². The molecule has 0 saturated carbocycles. The summed E-state index contributed by atoms with van der Waals surface area (Å²) >= 11 is 0. The molecule has 0 aliphatic carbocycles. The second-order valence-corrected chi connectivity index (χ2v) is 9.43. The Morgan fingerprint density at radius 3 is 2.70 bits per heavy atom. The van der Waals surface area contributed by atoms with E-state index >= 15 is 0 Å². The van der Waals surface area contributed by atoms with E-state index in [1.807, 2.05) is 4.90 Å². The van der Waals surface area contributed by atoms with E-state index in [4.69, 9.17) is 14.7 Å². The zero-order valence-electron chi connectivity index (χ0n) is 19.7. The lowest BCUT2D eigenvalue weighted by Gasteiger charge is -2.33. The quantitative estimate of drug-likeness (QED) is 0.676. The Kier molecular flexibility index (Phi) is 6.88. The van der Waals surface area contributed by atoms with Crippen LogP contribution in [0.1, 0.15) is 47.9 Å². The van der Waals surface area contributed by atoms with Gasteiger partial charge in [0, 0.05) is 44.0 Å². The van der Waals surface area contributed by atoms with Crippen LogP contribution in [0.3, 0.4) is 0 Å². The summed E-state index contributed by atoms with van der Waals surface area (Å²) in [6.45, 7) is 8.43. The second-order valence-electron chi connectivity index (χ2n) is 9.43. The molecule has 7 heteroatoms. The van der Waals surface area contributed by atoms with Gasteiger partial charge in [-0.1, -0.05) is 30.3 Å².